The van der Waals surface area contributed by atoms with Crippen LogP contribution in [0.15, 0.2) is 36.8 Å². The number of amides is 1. The minimum Gasteiger partial charge on any atom is -0.396 e. The number of anilines is 1. The van der Waals surface area contributed by atoms with Crippen molar-refractivity contribution in [1.82, 2.24) is 19.9 Å². The second-order valence-corrected chi connectivity index (χ2v) is 9.65. The van der Waals surface area contributed by atoms with Gasteiger partial charge in [-0.25, -0.2) is 9.97 Å². The molecule has 4 aromatic rings. The van der Waals surface area contributed by atoms with Crippen molar-refractivity contribution in [2.24, 2.45) is 0 Å². The summed E-state index contributed by atoms with van der Waals surface area (Å²) in [6.45, 7) is 3.58. The van der Waals surface area contributed by atoms with Gasteiger partial charge in [0.1, 0.15) is 17.0 Å². The Hall–Kier alpha value is -2.97. The van der Waals surface area contributed by atoms with Crippen molar-refractivity contribution in [3.05, 3.63) is 52.8 Å². The van der Waals surface area contributed by atoms with Crippen molar-refractivity contribution in [2.75, 3.05) is 25.0 Å². The lowest BCUT2D eigenvalue weighted by atomic mass is 9.99. The maximum atomic E-state index is 13.5. The number of benzene rings is 1. The molecule has 0 saturated carbocycles. The maximum Gasteiger partial charge on any atom is 0.264 e. The number of hydrogen-bond donors (Lipinski definition) is 3. The number of carbonyl (C=O) groups excluding carboxylic acids is 1. The van der Waals surface area contributed by atoms with Crippen LogP contribution >= 0.6 is 11.3 Å². The first-order chi connectivity index (χ1) is 16.2. The van der Waals surface area contributed by atoms with E-state index in [-0.39, 0.29) is 18.6 Å². The molecule has 0 aliphatic carbocycles. The van der Waals surface area contributed by atoms with Gasteiger partial charge < -0.3 is 20.3 Å². The first-order valence-corrected chi connectivity index (χ1v) is 12.4. The number of H-pyrrole nitrogens is 1. The van der Waals surface area contributed by atoms with E-state index in [1.165, 1.54) is 22.3 Å². The fourth-order valence-corrected chi connectivity index (χ4v) is 6.02. The number of likely N-dealkylation sites (tertiary alicyclic amines) is 1. The predicted molar refractivity (Wildman–Crippen MR) is 133 cm³/mol. The molecule has 1 fully saturated rings. The third-order valence-electron chi connectivity index (χ3n) is 6.63. The Balaban J connectivity index is 1.37. The molecule has 3 aromatic heterocycles. The van der Waals surface area contributed by atoms with Crippen molar-refractivity contribution in [3.63, 3.8) is 0 Å². The van der Waals surface area contributed by atoms with Gasteiger partial charge in [-0.2, -0.15) is 0 Å². The Labute approximate surface area is 196 Å². The minimum atomic E-state index is 0.0541. The number of aryl methyl sites for hydroxylation is 1. The van der Waals surface area contributed by atoms with E-state index >= 15 is 0 Å². The molecule has 0 bridgehead atoms. The Morgan fingerprint density at radius 3 is 3.06 bits per heavy atom. The fourth-order valence-electron chi connectivity index (χ4n) is 4.91. The van der Waals surface area contributed by atoms with Gasteiger partial charge in [0.25, 0.3) is 5.91 Å². The number of fused-ring (bicyclic) bond motifs is 2. The molecule has 5 rings (SSSR count). The van der Waals surface area contributed by atoms with Crippen molar-refractivity contribution in [1.29, 1.82) is 0 Å². The van der Waals surface area contributed by atoms with E-state index in [0.717, 1.165) is 70.8 Å². The Morgan fingerprint density at radius 2 is 2.18 bits per heavy atom. The van der Waals surface area contributed by atoms with E-state index in [1.807, 2.05) is 17.9 Å². The van der Waals surface area contributed by atoms with Crippen LogP contribution in [0.25, 0.3) is 21.1 Å². The van der Waals surface area contributed by atoms with Crippen LogP contribution in [0.3, 0.4) is 0 Å². The second-order valence-electron chi connectivity index (χ2n) is 8.66. The molecule has 1 aromatic carbocycles. The van der Waals surface area contributed by atoms with Gasteiger partial charge in [0.2, 0.25) is 0 Å². The summed E-state index contributed by atoms with van der Waals surface area (Å²) in [6.07, 6.45) is 8.20. The van der Waals surface area contributed by atoms with E-state index in [0.29, 0.717) is 6.42 Å². The van der Waals surface area contributed by atoms with Gasteiger partial charge in [0.15, 0.2) is 0 Å². The normalized spacial score (nSPS) is 16.5. The fraction of sp³-hybridized carbons (Fsp3) is 0.400. The lowest BCUT2D eigenvalue weighted by molar-refractivity contribution is 0.0579. The zero-order chi connectivity index (χ0) is 22.8. The van der Waals surface area contributed by atoms with Gasteiger partial charge in [-0.15, -0.1) is 11.3 Å². The van der Waals surface area contributed by atoms with Gasteiger partial charge in [0, 0.05) is 42.8 Å². The van der Waals surface area contributed by atoms with Crippen LogP contribution in [-0.2, 0) is 6.42 Å². The monoisotopic (exact) mass is 463 g/mol. The minimum absolute atomic E-state index is 0.0541. The summed E-state index contributed by atoms with van der Waals surface area (Å²) >= 11 is 1.44. The summed E-state index contributed by atoms with van der Waals surface area (Å²) in [6, 6.07) is 8.42. The number of nitrogens with one attached hydrogen (secondary N) is 2. The first kappa shape index (κ1) is 21.9. The summed E-state index contributed by atoms with van der Waals surface area (Å²) in [5.74, 6) is 0.830. The number of nitrogens with zero attached hydrogens (tertiary/aromatic N) is 3. The molecule has 1 amide bonds. The van der Waals surface area contributed by atoms with E-state index in [9.17, 15) is 9.90 Å². The summed E-state index contributed by atoms with van der Waals surface area (Å²) < 4.78 is 0. The topological polar surface area (TPSA) is 94.1 Å². The molecule has 1 saturated heterocycles. The quantitative estimate of drug-likeness (QED) is 0.375. The van der Waals surface area contributed by atoms with E-state index < -0.39 is 0 Å². The van der Waals surface area contributed by atoms with E-state index in [1.54, 1.807) is 6.33 Å². The number of thiophene rings is 1. The number of aliphatic hydroxyl groups excluding tert-OH is 1. The smallest absolute Gasteiger partial charge is 0.264 e. The van der Waals surface area contributed by atoms with Gasteiger partial charge >= 0.3 is 0 Å². The standard InChI is InChI=1S/C25H29N5O2S/c1-16-21-23(26-11-9-17-14-27-20-8-3-2-7-19(17)20)28-15-29-24(21)33-22(16)25(32)30-12-5-4-6-18(30)10-13-31/h2-3,7-8,14-15,18,27,31H,4-6,9-13H2,1H3,(H,26,28,29). The molecule has 0 radical (unpaired) electrons. The Bertz CT molecular complexity index is 1280. The molecule has 8 heteroatoms. The summed E-state index contributed by atoms with van der Waals surface area (Å²) in [5.41, 5.74) is 3.34. The third kappa shape index (κ3) is 4.20. The van der Waals surface area contributed by atoms with Crippen molar-refractivity contribution in [3.8, 4) is 0 Å². The highest BCUT2D eigenvalue weighted by Gasteiger charge is 2.30. The molecule has 4 heterocycles. The largest absolute Gasteiger partial charge is 0.396 e. The Kier molecular flexibility index (Phi) is 6.28. The van der Waals surface area contributed by atoms with Crippen LogP contribution < -0.4 is 5.32 Å². The zero-order valence-electron chi connectivity index (χ0n) is 18.8. The number of aliphatic hydroxyl groups is 1. The SMILES string of the molecule is Cc1c(C(=O)N2CCCCC2CCO)sc2ncnc(NCCc3c[nH]c4ccccc34)c12. The average Bonchev–Trinajstić information content (AvgIpc) is 3.41. The maximum absolute atomic E-state index is 13.5. The van der Waals surface area contributed by atoms with Gasteiger partial charge in [0.05, 0.1) is 10.3 Å². The number of piperidine rings is 1. The van der Waals surface area contributed by atoms with Crippen molar-refractivity contribution >= 4 is 44.2 Å². The highest BCUT2D eigenvalue weighted by molar-refractivity contribution is 7.20. The van der Waals surface area contributed by atoms with Crippen molar-refractivity contribution in [2.45, 2.75) is 45.1 Å². The second kappa shape index (κ2) is 9.49. The summed E-state index contributed by atoms with van der Waals surface area (Å²) in [5, 5.41) is 15.1. The lowest BCUT2D eigenvalue weighted by Crippen LogP contribution is -2.44. The van der Waals surface area contributed by atoms with Gasteiger partial charge in [-0.3, -0.25) is 4.79 Å². The molecule has 0 spiro atoms. The molecular formula is C25H29N5O2S. The number of aromatic amines is 1. The van der Waals surface area contributed by atoms with E-state index in [2.05, 4.69) is 44.7 Å². The van der Waals surface area contributed by atoms with E-state index in [4.69, 9.17) is 0 Å². The van der Waals surface area contributed by atoms with Crippen LogP contribution in [0, 0.1) is 6.92 Å². The molecule has 3 N–H and O–H groups in total. The molecule has 1 aliphatic rings. The van der Waals surface area contributed by atoms with Crippen LogP contribution in [-0.4, -0.2) is 56.6 Å². The highest BCUT2D eigenvalue weighted by Crippen LogP contribution is 2.35. The van der Waals surface area contributed by atoms with Crippen LogP contribution in [0.4, 0.5) is 5.82 Å². The number of para-hydroxylation sites is 1. The lowest BCUT2D eigenvalue weighted by Gasteiger charge is -2.35. The van der Waals surface area contributed by atoms with Crippen molar-refractivity contribution < 1.29 is 9.90 Å². The van der Waals surface area contributed by atoms with Crippen LogP contribution in [0.5, 0.6) is 0 Å². The Morgan fingerprint density at radius 1 is 1.30 bits per heavy atom. The molecule has 172 valence electrons. The van der Waals surface area contributed by atoms with Crippen LogP contribution in [0.1, 0.15) is 46.5 Å². The van der Waals surface area contributed by atoms with Gasteiger partial charge in [-0.1, -0.05) is 18.2 Å². The predicted octanol–water partition coefficient (Wildman–Crippen LogP) is 4.51. The average molecular weight is 464 g/mol. The summed E-state index contributed by atoms with van der Waals surface area (Å²) in [4.78, 5) is 29.3. The molecule has 1 aliphatic heterocycles. The molecule has 1 atom stereocenters. The summed E-state index contributed by atoms with van der Waals surface area (Å²) in [7, 11) is 0. The molecular weight excluding hydrogens is 434 g/mol. The molecule has 33 heavy (non-hydrogen) atoms. The highest BCUT2D eigenvalue weighted by atomic mass is 32.1. The number of carbonyl (C=O) groups is 1. The third-order valence-corrected chi connectivity index (χ3v) is 7.82. The number of aromatic nitrogens is 3. The van der Waals surface area contributed by atoms with Gasteiger partial charge in [-0.05, 0) is 56.2 Å². The molecule has 1 unspecified atom stereocenters. The number of hydrogen-bond acceptors (Lipinski definition) is 6. The zero-order valence-corrected chi connectivity index (χ0v) is 19.6. The van der Waals surface area contributed by atoms with Crippen LogP contribution in [0.2, 0.25) is 0 Å². The molecule has 7 nitrogen and oxygen atoms in total. The first-order valence-electron chi connectivity index (χ1n) is 11.6. The number of rotatable bonds is 7.